The predicted octanol–water partition coefficient (Wildman–Crippen LogP) is 2.10. The maximum atomic E-state index is 9.43. The number of rotatable bonds is 4. The predicted molar refractivity (Wildman–Crippen MR) is 67.4 cm³/mol. The molecule has 0 saturated carbocycles. The summed E-state index contributed by atoms with van der Waals surface area (Å²) in [4.78, 5) is 0. The minimum absolute atomic E-state index is 0.296. The molecule has 0 fully saturated rings. The number of hydrogen-bond donors (Lipinski definition) is 1. The van der Waals surface area contributed by atoms with E-state index in [0.717, 1.165) is 5.56 Å². The van der Waals surface area contributed by atoms with Crippen molar-refractivity contribution in [2.75, 3.05) is 0 Å². The van der Waals surface area contributed by atoms with E-state index in [1.165, 1.54) is 0 Å². The Morgan fingerprint density at radius 2 is 2.28 bits per heavy atom. The van der Waals surface area contributed by atoms with Crippen molar-refractivity contribution >= 4 is 11.6 Å². The summed E-state index contributed by atoms with van der Waals surface area (Å²) in [7, 11) is 1.84. The lowest BCUT2D eigenvalue weighted by molar-refractivity contribution is 0.199. The van der Waals surface area contributed by atoms with Crippen LogP contribution in [0.2, 0.25) is 5.02 Å². The van der Waals surface area contributed by atoms with Gasteiger partial charge in [0.1, 0.15) is 18.7 Å². The minimum atomic E-state index is -0.546. The maximum absolute atomic E-state index is 9.43. The van der Waals surface area contributed by atoms with E-state index in [0.29, 0.717) is 23.2 Å². The van der Waals surface area contributed by atoms with E-state index in [9.17, 15) is 5.11 Å². The zero-order valence-corrected chi connectivity index (χ0v) is 10.9. The number of ether oxygens (including phenoxy) is 1. The van der Waals surface area contributed by atoms with E-state index < -0.39 is 6.10 Å². The van der Waals surface area contributed by atoms with Crippen molar-refractivity contribution in [2.24, 2.45) is 7.05 Å². The second kappa shape index (κ2) is 5.37. The van der Waals surface area contributed by atoms with Crippen LogP contribution < -0.4 is 4.74 Å². The van der Waals surface area contributed by atoms with E-state index in [-0.39, 0.29) is 0 Å². The molecule has 1 aromatic carbocycles. The van der Waals surface area contributed by atoms with Crippen LogP contribution in [-0.2, 0) is 13.7 Å². The van der Waals surface area contributed by atoms with Crippen molar-refractivity contribution < 1.29 is 9.84 Å². The van der Waals surface area contributed by atoms with Crippen LogP contribution in [-0.4, -0.2) is 19.9 Å². The lowest BCUT2D eigenvalue weighted by Crippen LogP contribution is -2.03. The van der Waals surface area contributed by atoms with Crippen LogP contribution in [0.3, 0.4) is 0 Å². The quantitative estimate of drug-likeness (QED) is 0.922. The monoisotopic (exact) mass is 267 g/mol. The highest BCUT2D eigenvalue weighted by molar-refractivity contribution is 6.32. The second-order valence-corrected chi connectivity index (χ2v) is 4.42. The SMILES string of the molecule is C[C@H](O)c1ccc(OCc2nncn2C)c(Cl)c1. The smallest absolute Gasteiger partial charge is 0.170 e. The van der Waals surface area contributed by atoms with Crippen molar-refractivity contribution in [3.8, 4) is 5.75 Å². The van der Waals surface area contributed by atoms with Gasteiger partial charge in [0.25, 0.3) is 0 Å². The summed E-state index contributed by atoms with van der Waals surface area (Å²) in [5, 5.41) is 17.6. The molecule has 1 heterocycles. The molecule has 0 aliphatic heterocycles. The molecule has 0 aliphatic carbocycles. The van der Waals surface area contributed by atoms with Crippen LogP contribution in [0.1, 0.15) is 24.4 Å². The summed E-state index contributed by atoms with van der Waals surface area (Å²) in [5.41, 5.74) is 0.756. The number of aliphatic hydroxyl groups is 1. The highest BCUT2D eigenvalue weighted by atomic mass is 35.5. The molecule has 0 unspecified atom stereocenters. The molecule has 2 aromatic rings. The highest BCUT2D eigenvalue weighted by Gasteiger charge is 2.08. The van der Waals surface area contributed by atoms with Gasteiger partial charge >= 0.3 is 0 Å². The molecule has 18 heavy (non-hydrogen) atoms. The molecule has 0 bridgehead atoms. The third-order valence-electron chi connectivity index (χ3n) is 2.60. The number of aliphatic hydroxyl groups excluding tert-OH is 1. The van der Waals surface area contributed by atoms with Gasteiger partial charge in [0.05, 0.1) is 11.1 Å². The molecular formula is C12H14ClN3O2. The van der Waals surface area contributed by atoms with E-state index in [2.05, 4.69) is 10.2 Å². The summed E-state index contributed by atoms with van der Waals surface area (Å²) in [6.07, 6.45) is 1.06. The normalized spacial score (nSPS) is 12.4. The Bertz CT molecular complexity index is 540. The third kappa shape index (κ3) is 2.80. The van der Waals surface area contributed by atoms with Gasteiger partial charge in [-0.05, 0) is 24.6 Å². The molecule has 5 nitrogen and oxygen atoms in total. The number of aromatic nitrogens is 3. The maximum Gasteiger partial charge on any atom is 0.170 e. The van der Waals surface area contributed by atoms with Crippen molar-refractivity contribution in [1.82, 2.24) is 14.8 Å². The third-order valence-corrected chi connectivity index (χ3v) is 2.90. The topological polar surface area (TPSA) is 60.2 Å². The lowest BCUT2D eigenvalue weighted by atomic mass is 10.1. The average Bonchev–Trinajstić information content (AvgIpc) is 2.73. The molecule has 0 spiro atoms. The molecule has 6 heteroatoms. The average molecular weight is 268 g/mol. The van der Waals surface area contributed by atoms with Crippen LogP contribution >= 0.6 is 11.6 Å². The first kappa shape index (κ1) is 12.9. The van der Waals surface area contributed by atoms with E-state index >= 15 is 0 Å². The summed E-state index contributed by atoms with van der Waals surface area (Å²) in [5.74, 6) is 1.27. The molecule has 0 aliphatic rings. The zero-order valence-electron chi connectivity index (χ0n) is 10.2. The molecule has 1 atom stereocenters. The molecule has 2 rings (SSSR count). The van der Waals surface area contributed by atoms with E-state index in [4.69, 9.17) is 16.3 Å². The first-order valence-electron chi connectivity index (χ1n) is 5.51. The van der Waals surface area contributed by atoms with Gasteiger partial charge in [-0.1, -0.05) is 17.7 Å². The van der Waals surface area contributed by atoms with Gasteiger partial charge in [0, 0.05) is 7.05 Å². The van der Waals surface area contributed by atoms with Crippen molar-refractivity contribution in [3.05, 3.63) is 40.9 Å². The molecule has 0 radical (unpaired) electrons. The summed E-state index contributed by atoms with van der Waals surface area (Å²) in [6, 6.07) is 5.21. The Balaban J connectivity index is 2.08. The largest absolute Gasteiger partial charge is 0.484 e. The van der Waals surface area contributed by atoms with Crippen LogP contribution in [0.4, 0.5) is 0 Å². The molecule has 96 valence electrons. The number of halogens is 1. The van der Waals surface area contributed by atoms with Gasteiger partial charge in [0.2, 0.25) is 0 Å². The standard InChI is InChI=1S/C12H14ClN3O2/c1-8(17)9-3-4-11(10(13)5-9)18-6-12-15-14-7-16(12)2/h3-5,7-8,17H,6H2,1-2H3/t8-/m0/s1. The van der Waals surface area contributed by atoms with E-state index in [1.807, 2.05) is 7.05 Å². The number of benzene rings is 1. The first-order valence-corrected chi connectivity index (χ1v) is 5.89. The van der Waals surface area contributed by atoms with Gasteiger partial charge in [-0.15, -0.1) is 10.2 Å². The summed E-state index contributed by atoms with van der Waals surface area (Å²) in [6.45, 7) is 1.98. The van der Waals surface area contributed by atoms with Crippen LogP contribution in [0.15, 0.2) is 24.5 Å². The molecule has 1 aromatic heterocycles. The van der Waals surface area contributed by atoms with Gasteiger partial charge in [-0.3, -0.25) is 0 Å². The van der Waals surface area contributed by atoms with Crippen molar-refractivity contribution in [1.29, 1.82) is 0 Å². The van der Waals surface area contributed by atoms with Crippen molar-refractivity contribution in [2.45, 2.75) is 19.6 Å². The number of nitrogens with zero attached hydrogens (tertiary/aromatic N) is 3. The zero-order chi connectivity index (χ0) is 13.1. The number of aryl methyl sites for hydroxylation is 1. The molecule has 0 saturated heterocycles. The summed E-state index contributed by atoms with van der Waals surface area (Å²) < 4.78 is 7.34. The van der Waals surface area contributed by atoms with Crippen LogP contribution in [0, 0.1) is 0 Å². The first-order chi connectivity index (χ1) is 8.58. The molecule has 0 amide bonds. The Labute approximate surface area is 110 Å². The van der Waals surface area contributed by atoms with Gasteiger partial charge in [0.15, 0.2) is 5.82 Å². The highest BCUT2D eigenvalue weighted by Crippen LogP contribution is 2.28. The minimum Gasteiger partial charge on any atom is -0.484 e. The fraction of sp³-hybridized carbons (Fsp3) is 0.333. The Morgan fingerprint density at radius 1 is 1.50 bits per heavy atom. The fourth-order valence-corrected chi connectivity index (χ4v) is 1.72. The molecule has 1 N–H and O–H groups in total. The Kier molecular flexibility index (Phi) is 3.84. The van der Waals surface area contributed by atoms with Gasteiger partial charge < -0.3 is 14.4 Å². The molecular weight excluding hydrogens is 254 g/mol. The second-order valence-electron chi connectivity index (χ2n) is 4.01. The van der Waals surface area contributed by atoms with Gasteiger partial charge in [-0.25, -0.2) is 0 Å². The van der Waals surface area contributed by atoms with Gasteiger partial charge in [-0.2, -0.15) is 0 Å². The Hall–Kier alpha value is -1.59. The van der Waals surface area contributed by atoms with Crippen molar-refractivity contribution in [3.63, 3.8) is 0 Å². The Morgan fingerprint density at radius 3 is 2.83 bits per heavy atom. The van der Waals surface area contributed by atoms with Crippen LogP contribution in [0.25, 0.3) is 0 Å². The van der Waals surface area contributed by atoms with Crippen LogP contribution in [0.5, 0.6) is 5.75 Å². The summed E-state index contributed by atoms with van der Waals surface area (Å²) >= 11 is 6.07. The number of hydrogen-bond acceptors (Lipinski definition) is 4. The van der Waals surface area contributed by atoms with E-state index in [1.54, 1.807) is 36.0 Å². The fourth-order valence-electron chi connectivity index (χ4n) is 1.47. The lowest BCUT2D eigenvalue weighted by Gasteiger charge is -2.10.